The van der Waals surface area contributed by atoms with E-state index in [9.17, 15) is 14.4 Å². The van der Waals surface area contributed by atoms with Crippen molar-refractivity contribution >= 4 is 11.8 Å². The highest BCUT2D eigenvalue weighted by atomic mass is 16.5. The molecule has 0 N–H and O–H groups in total. The van der Waals surface area contributed by atoms with Gasteiger partial charge in [0, 0.05) is 36.6 Å². The smallest absolute Gasteiger partial charge is 0.359 e. The fourth-order valence-corrected chi connectivity index (χ4v) is 2.39. The molecule has 2 aromatic rings. The van der Waals surface area contributed by atoms with Crippen LogP contribution in [0.4, 0.5) is 0 Å². The Morgan fingerprint density at radius 1 is 1.33 bits per heavy atom. The van der Waals surface area contributed by atoms with Crippen molar-refractivity contribution < 1.29 is 14.3 Å². The van der Waals surface area contributed by atoms with E-state index in [4.69, 9.17) is 4.74 Å². The number of nitrogens with zero attached hydrogens (tertiary/aromatic N) is 3. The molecule has 0 saturated carbocycles. The fourth-order valence-electron chi connectivity index (χ4n) is 2.39. The Morgan fingerprint density at radius 2 is 2.04 bits per heavy atom. The molecule has 0 bridgehead atoms. The lowest BCUT2D eigenvalue weighted by molar-refractivity contribution is 0.0466. The second-order valence-corrected chi connectivity index (χ2v) is 5.36. The molecular formula is C17H19N3O4. The number of aryl methyl sites for hydroxylation is 2. The van der Waals surface area contributed by atoms with Crippen LogP contribution in [0.3, 0.4) is 0 Å². The van der Waals surface area contributed by atoms with Crippen LogP contribution in [0.25, 0.3) is 0 Å². The summed E-state index contributed by atoms with van der Waals surface area (Å²) in [7, 11) is 1.43. The maximum absolute atomic E-state index is 12.3. The van der Waals surface area contributed by atoms with Crippen LogP contribution < -0.4 is 5.56 Å². The first-order chi connectivity index (χ1) is 11.3. The van der Waals surface area contributed by atoms with Gasteiger partial charge in [0.1, 0.15) is 0 Å². The highest BCUT2D eigenvalue weighted by Gasteiger charge is 2.18. The Bertz CT molecular complexity index is 861. The molecule has 0 fully saturated rings. The van der Waals surface area contributed by atoms with Gasteiger partial charge in [-0.05, 0) is 26.0 Å². The Labute approximate surface area is 139 Å². The van der Waals surface area contributed by atoms with Crippen LogP contribution in [-0.2, 0) is 18.3 Å². The molecule has 0 aliphatic rings. The topological polar surface area (TPSA) is 83.2 Å². The Kier molecular flexibility index (Phi) is 5.13. The largest absolute Gasteiger partial charge is 0.453 e. The zero-order chi connectivity index (χ0) is 17.9. The van der Waals surface area contributed by atoms with Gasteiger partial charge in [-0.2, -0.15) is 5.10 Å². The summed E-state index contributed by atoms with van der Waals surface area (Å²) < 4.78 is 7.99. The number of allylic oxidation sites excluding steroid dienone is 1. The zero-order valence-corrected chi connectivity index (χ0v) is 13.9. The van der Waals surface area contributed by atoms with Crippen LogP contribution in [-0.4, -0.2) is 32.7 Å². The number of Topliss-reactive ketones (excluding diaryl/α,β-unsaturated/α-hetero) is 1. The van der Waals surface area contributed by atoms with Crippen molar-refractivity contribution in [3.63, 3.8) is 0 Å². The minimum Gasteiger partial charge on any atom is -0.453 e. The average Bonchev–Trinajstić information content (AvgIpc) is 2.83. The van der Waals surface area contributed by atoms with Gasteiger partial charge in [-0.15, -0.1) is 6.58 Å². The van der Waals surface area contributed by atoms with E-state index in [2.05, 4.69) is 11.7 Å². The minimum atomic E-state index is -0.751. The van der Waals surface area contributed by atoms with Gasteiger partial charge >= 0.3 is 5.97 Å². The molecular weight excluding hydrogens is 310 g/mol. The first kappa shape index (κ1) is 17.4. The number of rotatable bonds is 6. The Morgan fingerprint density at radius 3 is 2.67 bits per heavy atom. The lowest BCUT2D eigenvalue weighted by atomic mass is 10.1. The molecule has 0 aliphatic heterocycles. The SMILES string of the molecule is C=CCn1c(C)cc(C(=O)COC(=O)c2ccc(=O)n(C)n2)c1C. The van der Waals surface area contributed by atoms with Gasteiger partial charge in [0.25, 0.3) is 5.56 Å². The summed E-state index contributed by atoms with van der Waals surface area (Å²) in [5.41, 5.74) is 1.88. The Balaban J connectivity index is 2.09. The van der Waals surface area contributed by atoms with E-state index in [0.717, 1.165) is 16.1 Å². The number of hydrogen-bond acceptors (Lipinski definition) is 5. The maximum atomic E-state index is 12.3. The third-order valence-electron chi connectivity index (χ3n) is 3.69. The average molecular weight is 329 g/mol. The predicted octanol–water partition coefficient (Wildman–Crippen LogP) is 1.42. The van der Waals surface area contributed by atoms with Crippen LogP contribution in [0.1, 0.15) is 32.2 Å². The lowest BCUT2D eigenvalue weighted by Gasteiger charge is -2.07. The van der Waals surface area contributed by atoms with E-state index in [0.29, 0.717) is 12.1 Å². The standard InChI is InChI=1S/C17H19N3O4/c1-5-8-20-11(2)9-13(12(20)3)15(21)10-24-17(23)14-6-7-16(22)19(4)18-14/h5-7,9H,1,8,10H2,2-4H3. The van der Waals surface area contributed by atoms with E-state index in [1.807, 2.05) is 18.4 Å². The molecule has 24 heavy (non-hydrogen) atoms. The summed E-state index contributed by atoms with van der Waals surface area (Å²) in [6.07, 6.45) is 1.75. The Hall–Kier alpha value is -2.96. The van der Waals surface area contributed by atoms with Crippen LogP contribution >= 0.6 is 0 Å². The fraction of sp³-hybridized carbons (Fsp3) is 0.294. The molecule has 2 heterocycles. The molecule has 0 atom stereocenters. The van der Waals surface area contributed by atoms with Crippen molar-refractivity contribution in [3.05, 3.63) is 63.9 Å². The number of hydrogen-bond donors (Lipinski definition) is 0. The summed E-state index contributed by atoms with van der Waals surface area (Å²) in [6.45, 7) is 7.64. The number of carbonyl (C=O) groups is 2. The first-order valence-corrected chi connectivity index (χ1v) is 7.37. The lowest BCUT2D eigenvalue weighted by Crippen LogP contribution is -2.23. The number of ketones is 1. The predicted molar refractivity (Wildman–Crippen MR) is 88.2 cm³/mol. The van der Waals surface area contributed by atoms with Gasteiger partial charge in [0.2, 0.25) is 5.78 Å². The van der Waals surface area contributed by atoms with Gasteiger partial charge in [0.05, 0.1) is 0 Å². The van der Waals surface area contributed by atoms with E-state index >= 15 is 0 Å². The van der Waals surface area contributed by atoms with Gasteiger partial charge in [-0.1, -0.05) is 6.08 Å². The molecule has 126 valence electrons. The molecule has 0 aliphatic carbocycles. The number of esters is 1. The van der Waals surface area contributed by atoms with Crippen LogP contribution in [0.15, 0.2) is 35.6 Å². The van der Waals surface area contributed by atoms with Gasteiger partial charge in [-0.25, -0.2) is 9.48 Å². The summed E-state index contributed by atoms with van der Waals surface area (Å²) in [5.74, 6) is -1.05. The second-order valence-electron chi connectivity index (χ2n) is 5.36. The molecule has 0 aromatic carbocycles. The van der Waals surface area contributed by atoms with Gasteiger partial charge in [-0.3, -0.25) is 9.59 Å². The number of aromatic nitrogens is 3. The minimum absolute atomic E-state index is 0.0259. The van der Waals surface area contributed by atoms with E-state index in [1.165, 1.54) is 19.2 Å². The van der Waals surface area contributed by atoms with Crippen LogP contribution in [0.5, 0.6) is 0 Å². The molecule has 0 amide bonds. The maximum Gasteiger partial charge on any atom is 0.359 e. The number of ether oxygens (including phenoxy) is 1. The highest BCUT2D eigenvalue weighted by molar-refractivity contribution is 6.00. The summed E-state index contributed by atoms with van der Waals surface area (Å²) in [4.78, 5) is 35.5. The zero-order valence-electron chi connectivity index (χ0n) is 13.9. The summed E-state index contributed by atoms with van der Waals surface area (Å²) >= 11 is 0. The second kappa shape index (κ2) is 7.08. The van der Waals surface area contributed by atoms with Crippen molar-refractivity contribution in [2.75, 3.05) is 6.61 Å². The molecule has 2 rings (SSSR count). The van der Waals surface area contributed by atoms with Crippen molar-refractivity contribution in [2.45, 2.75) is 20.4 Å². The molecule has 7 heteroatoms. The van der Waals surface area contributed by atoms with Crippen LogP contribution in [0, 0.1) is 13.8 Å². The summed E-state index contributed by atoms with van der Waals surface area (Å²) in [5, 5.41) is 3.79. The molecule has 0 saturated heterocycles. The van der Waals surface area contributed by atoms with E-state index in [-0.39, 0.29) is 23.6 Å². The normalized spacial score (nSPS) is 10.5. The molecule has 7 nitrogen and oxygen atoms in total. The number of carbonyl (C=O) groups excluding carboxylic acids is 2. The monoisotopic (exact) mass is 329 g/mol. The molecule has 0 spiro atoms. The van der Waals surface area contributed by atoms with Gasteiger partial charge < -0.3 is 9.30 Å². The molecule has 2 aromatic heterocycles. The quantitative estimate of drug-likeness (QED) is 0.455. The third-order valence-corrected chi connectivity index (χ3v) is 3.69. The third kappa shape index (κ3) is 3.51. The van der Waals surface area contributed by atoms with Crippen LogP contribution in [0.2, 0.25) is 0 Å². The summed E-state index contributed by atoms with van der Waals surface area (Å²) in [6, 6.07) is 4.25. The highest BCUT2D eigenvalue weighted by Crippen LogP contribution is 2.16. The molecule has 0 unspecified atom stereocenters. The van der Waals surface area contributed by atoms with Crippen molar-refractivity contribution in [1.29, 1.82) is 0 Å². The first-order valence-electron chi connectivity index (χ1n) is 7.37. The van der Waals surface area contributed by atoms with Crippen molar-refractivity contribution in [3.8, 4) is 0 Å². The molecule has 0 radical (unpaired) electrons. The van der Waals surface area contributed by atoms with Crippen molar-refractivity contribution in [2.24, 2.45) is 7.05 Å². The van der Waals surface area contributed by atoms with Gasteiger partial charge in [0.15, 0.2) is 12.3 Å². The van der Waals surface area contributed by atoms with E-state index < -0.39 is 5.97 Å². The van der Waals surface area contributed by atoms with E-state index in [1.54, 1.807) is 12.1 Å². The van der Waals surface area contributed by atoms with Crippen molar-refractivity contribution in [1.82, 2.24) is 14.3 Å².